The van der Waals surface area contributed by atoms with E-state index in [1.54, 1.807) is 0 Å². The van der Waals surface area contributed by atoms with Crippen molar-refractivity contribution in [3.05, 3.63) is 59.7 Å². The van der Waals surface area contributed by atoms with Gasteiger partial charge in [-0.25, -0.2) is 0 Å². The topological polar surface area (TPSA) is 17.1 Å². The Labute approximate surface area is 159 Å². The first-order chi connectivity index (χ1) is 11.7. The summed E-state index contributed by atoms with van der Waals surface area (Å²) in [5.41, 5.74) is 3.72. The Morgan fingerprint density at radius 1 is 1.12 bits per heavy atom. The largest absolute Gasteiger partial charge is 0.281 e. The first-order valence-corrected chi connectivity index (χ1v) is 9.72. The first-order valence-electron chi connectivity index (χ1n) is 9.34. The SMILES string of the molecule is C=C(C=CCC(C)CC(C)c1ccc(CC(C)C(=O)Cl)cc1)C(C)C. The van der Waals surface area contributed by atoms with Gasteiger partial charge < -0.3 is 0 Å². The van der Waals surface area contributed by atoms with Crippen LogP contribution in [0.2, 0.25) is 0 Å². The van der Waals surface area contributed by atoms with Gasteiger partial charge in [0.1, 0.15) is 0 Å². The van der Waals surface area contributed by atoms with E-state index in [1.807, 2.05) is 6.92 Å². The van der Waals surface area contributed by atoms with Crippen LogP contribution < -0.4 is 0 Å². The fourth-order valence-corrected chi connectivity index (χ4v) is 2.97. The van der Waals surface area contributed by atoms with Crippen LogP contribution in [-0.2, 0) is 11.2 Å². The molecule has 1 aromatic carbocycles. The smallest absolute Gasteiger partial charge is 0.224 e. The van der Waals surface area contributed by atoms with Gasteiger partial charge in [0.25, 0.3) is 0 Å². The Bertz CT molecular complexity index is 583. The number of halogens is 1. The summed E-state index contributed by atoms with van der Waals surface area (Å²) in [6.45, 7) is 14.9. The van der Waals surface area contributed by atoms with Gasteiger partial charge >= 0.3 is 0 Å². The molecule has 0 radical (unpaired) electrons. The van der Waals surface area contributed by atoms with Crippen LogP contribution in [0.4, 0.5) is 0 Å². The number of allylic oxidation sites excluding steroid dienone is 3. The Balaban J connectivity index is 2.52. The van der Waals surface area contributed by atoms with E-state index < -0.39 is 0 Å². The van der Waals surface area contributed by atoms with Crippen molar-refractivity contribution < 1.29 is 4.79 Å². The lowest BCUT2D eigenvalue weighted by Crippen LogP contribution is -2.07. The third-order valence-corrected chi connectivity index (χ3v) is 5.22. The second kappa shape index (κ2) is 10.6. The normalized spacial score (nSPS) is 15.3. The Morgan fingerprint density at radius 2 is 1.72 bits per heavy atom. The zero-order valence-corrected chi connectivity index (χ0v) is 17.1. The lowest BCUT2D eigenvalue weighted by molar-refractivity contribution is -0.114. The van der Waals surface area contributed by atoms with Crippen molar-refractivity contribution >= 4 is 16.8 Å². The van der Waals surface area contributed by atoms with Gasteiger partial charge in [-0.3, -0.25) is 4.79 Å². The number of carbonyl (C=O) groups is 1. The molecule has 3 atom stereocenters. The van der Waals surface area contributed by atoms with Crippen LogP contribution >= 0.6 is 11.6 Å². The second-order valence-electron chi connectivity index (χ2n) is 7.76. The molecule has 1 rings (SSSR count). The lowest BCUT2D eigenvalue weighted by Gasteiger charge is -2.17. The summed E-state index contributed by atoms with van der Waals surface area (Å²) in [5.74, 6) is 1.55. The van der Waals surface area contributed by atoms with Gasteiger partial charge in [0.15, 0.2) is 0 Å². The maximum atomic E-state index is 11.2. The molecule has 0 N–H and O–H groups in total. The average Bonchev–Trinajstić information content (AvgIpc) is 2.54. The summed E-state index contributed by atoms with van der Waals surface area (Å²) in [5, 5.41) is -0.264. The Hall–Kier alpha value is -1.34. The van der Waals surface area contributed by atoms with Gasteiger partial charge in [0, 0.05) is 5.92 Å². The number of rotatable bonds is 10. The van der Waals surface area contributed by atoms with Crippen molar-refractivity contribution in [1.29, 1.82) is 0 Å². The van der Waals surface area contributed by atoms with Gasteiger partial charge in [-0.15, -0.1) is 0 Å². The molecule has 1 nitrogen and oxygen atoms in total. The fourth-order valence-electron chi connectivity index (χ4n) is 2.90. The molecule has 0 spiro atoms. The van der Waals surface area contributed by atoms with Gasteiger partial charge in [0.05, 0.1) is 0 Å². The molecule has 0 heterocycles. The summed E-state index contributed by atoms with van der Waals surface area (Å²) < 4.78 is 0. The minimum absolute atomic E-state index is 0.127. The molecule has 3 unspecified atom stereocenters. The van der Waals surface area contributed by atoms with E-state index in [-0.39, 0.29) is 11.2 Å². The summed E-state index contributed by atoms with van der Waals surface area (Å²) in [6, 6.07) is 8.63. The monoisotopic (exact) mass is 360 g/mol. The van der Waals surface area contributed by atoms with Gasteiger partial charge in [-0.1, -0.05) is 83.2 Å². The van der Waals surface area contributed by atoms with Gasteiger partial charge in [0.2, 0.25) is 5.24 Å². The van der Waals surface area contributed by atoms with Crippen molar-refractivity contribution in [1.82, 2.24) is 0 Å². The molecule has 2 heteroatoms. The van der Waals surface area contributed by atoms with E-state index in [1.165, 1.54) is 16.7 Å². The third kappa shape index (κ3) is 8.05. The van der Waals surface area contributed by atoms with Crippen molar-refractivity contribution in [2.75, 3.05) is 0 Å². The Morgan fingerprint density at radius 3 is 2.24 bits per heavy atom. The second-order valence-corrected chi connectivity index (χ2v) is 8.13. The summed E-state index contributed by atoms with van der Waals surface area (Å²) in [4.78, 5) is 11.2. The number of carbonyl (C=O) groups excluding carboxylic acids is 1. The third-order valence-electron chi connectivity index (χ3n) is 4.85. The van der Waals surface area contributed by atoms with E-state index >= 15 is 0 Å². The molecule has 0 saturated heterocycles. The van der Waals surface area contributed by atoms with Crippen molar-refractivity contribution in [2.45, 2.75) is 59.8 Å². The van der Waals surface area contributed by atoms with Crippen molar-refractivity contribution in [3.8, 4) is 0 Å². The minimum atomic E-state index is -0.264. The maximum Gasteiger partial charge on any atom is 0.224 e. The van der Waals surface area contributed by atoms with Crippen LogP contribution in [0, 0.1) is 17.8 Å². The molecule has 138 valence electrons. The first kappa shape index (κ1) is 21.7. The highest BCUT2D eigenvalue weighted by Gasteiger charge is 2.13. The molecule has 1 aromatic rings. The zero-order valence-electron chi connectivity index (χ0n) is 16.4. The lowest BCUT2D eigenvalue weighted by atomic mass is 9.88. The molecule has 0 amide bonds. The quantitative estimate of drug-likeness (QED) is 0.327. The van der Waals surface area contributed by atoms with Crippen molar-refractivity contribution in [3.63, 3.8) is 0 Å². The molecule has 0 bridgehead atoms. The fraction of sp³-hybridized carbons (Fsp3) is 0.522. The Kier molecular flexibility index (Phi) is 9.21. The highest BCUT2D eigenvalue weighted by Crippen LogP contribution is 2.26. The predicted molar refractivity (Wildman–Crippen MR) is 110 cm³/mol. The highest BCUT2D eigenvalue weighted by atomic mass is 35.5. The van der Waals surface area contributed by atoms with Crippen molar-refractivity contribution in [2.24, 2.45) is 17.8 Å². The number of hydrogen-bond acceptors (Lipinski definition) is 1. The van der Waals surface area contributed by atoms with Gasteiger partial charge in [-0.05, 0) is 59.7 Å². The van der Waals surface area contributed by atoms with Crippen LogP contribution in [0.25, 0.3) is 0 Å². The molecular formula is C23H33ClO. The van der Waals surface area contributed by atoms with Crippen LogP contribution in [0.1, 0.15) is 64.5 Å². The minimum Gasteiger partial charge on any atom is -0.281 e. The average molecular weight is 361 g/mol. The van der Waals surface area contributed by atoms with E-state index in [9.17, 15) is 4.79 Å². The summed E-state index contributed by atoms with van der Waals surface area (Å²) in [7, 11) is 0. The number of hydrogen-bond donors (Lipinski definition) is 0. The predicted octanol–water partition coefficient (Wildman–Crippen LogP) is 6.92. The zero-order chi connectivity index (χ0) is 19.0. The summed E-state index contributed by atoms with van der Waals surface area (Å²) in [6.07, 6.45) is 7.38. The molecule has 0 fully saturated rings. The maximum absolute atomic E-state index is 11.2. The van der Waals surface area contributed by atoms with Crippen LogP contribution in [0.3, 0.4) is 0 Å². The standard InChI is InChI=1S/C23H33ClO/c1-16(2)18(4)9-7-8-17(3)14-19(5)22-12-10-21(11-13-22)15-20(6)23(24)25/h7,9-13,16-17,19-20H,4,8,14-15H2,1-3,5-6H3. The molecule has 25 heavy (non-hydrogen) atoms. The molecule has 0 aliphatic heterocycles. The van der Waals surface area contributed by atoms with E-state index in [2.05, 4.69) is 70.7 Å². The molecular weight excluding hydrogens is 328 g/mol. The van der Waals surface area contributed by atoms with Crippen LogP contribution in [0.5, 0.6) is 0 Å². The van der Waals surface area contributed by atoms with Gasteiger partial charge in [-0.2, -0.15) is 0 Å². The number of benzene rings is 1. The molecule has 0 saturated carbocycles. The molecule has 0 aliphatic rings. The van der Waals surface area contributed by atoms with E-state index in [0.717, 1.165) is 12.8 Å². The summed E-state index contributed by atoms with van der Waals surface area (Å²) >= 11 is 5.55. The van der Waals surface area contributed by atoms with Crippen LogP contribution in [-0.4, -0.2) is 5.24 Å². The highest BCUT2D eigenvalue weighted by molar-refractivity contribution is 6.63. The molecule has 0 aliphatic carbocycles. The molecule has 0 aromatic heterocycles. The van der Waals surface area contributed by atoms with Crippen LogP contribution in [0.15, 0.2) is 48.6 Å². The van der Waals surface area contributed by atoms with E-state index in [0.29, 0.717) is 24.2 Å². The van der Waals surface area contributed by atoms with E-state index in [4.69, 9.17) is 11.6 Å².